The Hall–Kier alpha value is -1.65. The highest BCUT2D eigenvalue weighted by atomic mass is 79.9. The summed E-state index contributed by atoms with van der Waals surface area (Å²) < 4.78 is 0.739. The molecule has 2 rings (SSSR count). The van der Waals surface area contributed by atoms with E-state index in [1.807, 2.05) is 43.3 Å². The minimum absolute atomic E-state index is 0.186. The lowest BCUT2D eigenvalue weighted by molar-refractivity contribution is 0.0915. The van der Waals surface area contributed by atoms with E-state index in [0.29, 0.717) is 5.56 Å². The number of carbonyl (C=O) groups excluding carboxylic acids is 1. The number of aliphatic hydroxyl groups is 1. The van der Waals surface area contributed by atoms with Crippen LogP contribution in [0.3, 0.4) is 0 Å². The summed E-state index contributed by atoms with van der Waals surface area (Å²) >= 11 is 3.34. The Morgan fingerprint density at radius 2 is 1.85 bits per heavy atom. The number of halogens is 1. The zero-order chi connectivity index (χ0) is 14.5. The van der Waals surface area contributed by atoms with Gasteiger partial charge < -0.3 is 10.4 Å². The van der Waals surface area contributed by atoms with E-state index in [1.165, 1.54) is 0 Å². The zero-order valence-electron chi connectivity index (χ0n) is 11.1. The molecule has 4 heteroatoms. The lowest BCUT2D eigenvalue weighted by atomic mass is 10.0. The molecule has 0 aliphatic heterocycles. The maximum atomic E-state index is 12.0. The maximum absolute atomic E-state index is 12.0. The molecule has 0 radical (unpaired) electrons. The van der Waals surface area contributed by atoms with Gasteiger partial charge in [-0.1, -0.05) is 36.4 Å². The molecule has 0 spiro atoms. The molecular weight excluding hydrogens is 318 g/mol. The van der Waals surface area contributed by atoms with E-state index >= 15 is 0 Å². The monoisotopic (exact) mass is 333 g/mol. The first-order valence-electron chi connectivity index (χ1n) is 6.36. The number of hydrogen-bond donors (Lipinski definition) is 2. The number of benzene rings is 2. The van der Waals surface area contributed by atoms with Crippen LogP contribution >= 0.6 is 15.9 Å². The minimum Gasteiger partial charge on any atom is -0.387 e. The Morgan fingerprint density at radius 1 is 1.20 bits per heavy atom. The van der Waals surface area contributed by atoms with Gasteiger partial charge in [0.05, 0.1) is 11.7 Å². The summed E-state index contributed by atoms with van der Waals surface area (Å²) in [6.45, 7) is 2.12. The van der Waals surface area contributed by atoms with Crippen molar-refractivity contribution in [2.45, 2.75) is 13.0 Å². The van der Waals surface area contributed by atoms with Crippen molar-refractivity contribution in [3.63, 3.8) is 0 Å². The third-order valence-corrected chi connectivity index (χ3v) is 3.81. The molecular formula is C16H16BrNO2. The highest BCUT2D eigenvalue weighted by molar-refractivity contribution is 9.10. The van der Waals surface area contributed by atoms with Crippen LogP contribution in [0.25, 0.3) is 0 Å². The van der Waals surface area contributed by atoms with Crippen molar-refractivity contribution in [2.75, 3.05) is 6.54 Å². The van der Waals surface area contributed by atoms with Gasteiger partial charge in [0.25, 0.3) is 5.91 Å². The molecule has 0 aliphatic rings. The first-order chi connectivity index (χ1) is 9.59. The first-order valence-corrected chi connectivity index (χ1v) is 7.15. The summed E-state index contributed by atoms with van der Waals surface area (Å²) in [5.74, 6) is -0.204. The SMILES string of the molecule is Cc1ccccc1C(O)CNC(=O)c1ccccc1Br. The van der Waals surface area contributed by atoms with Crippen LogP contribution in [0.5, 0.6) is 0 Å². The number of aryl methyl sites for hydroxylation is 1. The van der Waals surface area contributed by atoms with E-state index in [1.54, 1.807) is 12.1 Å². The predicted molar refractivity (Wildman–Crippen MR) is 82.6 cm³/mol. The van der Waals surface area contributed by atoms with E-state index < -0.39 is 6.10 Å². The standard InChI is InChI=1S/C16H16BrNO2/c1-11-6-2-3-7-12(11)15(19)10-18-16(20)13-8-4-5-9-14(13)17/h2-9,15,19H,10H2,1H3,(H,18,20). The van der Waals surface area contributed by atoms with Crippen LogP contribution in [-0.2, 0) is 0 Å². The van der Waals surface area contributed by atoms with Gasteiger partial charge in [0.1, 0.15) is 0 Å². The van der Waals surface area contributed by atoms with E-state index in [0.717, 1.165) is 15.6 Å². The van der Waals surface area contributed by atoms with E-state index in [-0.39, 0.29) is 12.5 Å². The average molecular weight is 334 g/mol. The molecule has 0 saturated heterocycles. The fourth-order valence-electron chi connectivity index (χ4n) is 2.00. The number of rotatable bonds is 4. The number of nitrogens with one attached hydrogen (secondary N) is 1. The third-order valence-electron chi connectivity index (χ3n) is 3.12. The van der Waals surface area contributed by atoms with Gasteiger partial charge >= 0.3 is 0 Å². The second kappa shape index (κ2) is 6.68. The predicted octanol–water partition coefficient (Wildman–Crippen LogP) is 3.22. The molecule has 0 heterocycles. The summed E-state index contributed by atoms with van der Waals surface area (Å²) in [6.07, 6.45) is -0.706. The smallest absolute Gasteiger partial charge is 0.252 e. The number of carbonyl (C=O) groups is 1. The largest absolute Gasteiger partial charge is 0.387 e. The molecule has 0 aromatic heterocycles. The van der Waals surface area contributed by atoms with Gasteiger partial charge in [-0.15, -0.1) is 0 Å². The van der Waals surface area contributed by atoms with Gasteiger partial charge in [-0.05, 0) is 46.1 Å². The van der Waals surface area contributed by atoms with Crippen LogP contribution < -0.4 is 5.32 Å². The Kier molecular flexibility index (Phi) is 4.93. The molecule has 2 aromatic carbocycles. The van der Waals surface area contributed by atoms with Crippen molar-refractivity contribution in [2.24, 2.45) is 0 Å². The van der Waals surface area contributed by atoms with E-state index in [4.69, 9.17) is 0 Å². The summed E-state index contributed by atoms with van der Waals surface area (Å²) in [4.78, 5) is 12.0. The third kappa shape index (κ3) is 3.46. The van der Waals surface area contributed by atoms with Crippen molar-refractivity contribution in [1.82, 2.24) is 5.32 Å². The zero-order valence-corrected chi connectivity index (χ0v) is 12.7. The van der Waals surface area contributed by atoms with Crippen molar-refractivity contribution < 1.29 is 9.90 Å². The molecule has 20 heavy (non-hydrogen) atoms. The molecule has 1 atom stereocenters. The van der Waals surface area contributed by atoms with Gasteiger partial charge in [0.2, 0.25) is 0 Å². The lowest BCUT2D eigenvalue weighted by Crippen LogP contribution is -2.28. The Balaban J connectivity index is 2.01. The maximum Gasteiger partial charge on any atom is 0.252 e. The molecule has 2 aromatic rings. The highest BCUT2D eigenvalue weighted by Crippen LogP contribution is 2.18. The molecule has 1 amide bonds. The minimum atomic E-state index is -0.706. The normalized spacial score (nSPS) is 11.9. The average Bonchev–Trinajstić information content (AvgIpc) is 2.45. The lowest BCUT2D eigenvalue weighted by Gasteiger charge is -2.14. The van der Waals surface area contributed by atoms with Gasteiger partial charge in [-0.2, -0.15) is 0 Å². The molecule has 104 valence electrons. The summed E-state index contributed by atoms with van der Waals surface area (Å²) in [5, 5.41) is 12.9. The van der Waals surface area contributed by atoms with Crippen molar-refractivity contribution in [3.8, 4) is 0 Å². The van der Waals surface area contributed by atoms with Crippen LogP contribution in [0.15, 0.2) is 53.0 Å². The van der Waals surface area contributed by atoms with Gasteiger partial charge in [-0.25, -0.2) is 0 Å². The highest BCUT2D eigenvalue weighted by Gasteiger charge is 2.13. The molecule has 3 nitrogen and oxygen atoms in total. The molecule has 2 N–H and O–H groups in total. The van der Waals surface area contributed by atoms with Crippen LogP contribution in [0.2, 0.25) is 0 Å². The van der Waals surface area contributed by atoms with Crippen LogP contribution in [0.1, 0.15) is 27.6 Å². The second-order valence-electron chi connectivity index (χ2n) is 4.56. The van der Waals surface area contributed by atoms with Crippen molar-refractivity contribution in [1.29, 1.82) is 0 Å². The Morgan fingerprint density at radius 3 is 2.55 bits per heavy atom. The molecule has 0 aliphatic carbocycles. The number of amides is 1. The van der Waals surface area contributed by atoms with Crippen LogP contribution in [0, 0.1) is 6.92 Å². The first kappa shape index (κ1) is 14.8. The van der Waals surface area contributed by atoms with E-state index in [2.05, 4.69) is 21.2 Å². The summed E-state index contributed by atoms with van der Waals surface area (Å²) in [7, 11) is 0. The molecule has 0 fully saturated rings. The van der Waals surface area contributed by atoms with Crippen molar-refractivity contribution >= 4 is 21.8 Å². The van der Waals surface area contributed by atoms with Crippen molar-refractivity contribution in [3.05, 3.63) is 69.7 Å². The quantitative estimate of drug-likeness (QED) is 0.902. The summed E-state index contributed by atoms with van der Waals surface area (Å²) in [6, 6.07) is 14.8. The fraction of sp³-hybridized carbons (Fsp3) is 0.188. The topological polar surface area (TPSA) is 49.3 Å². The molecule has 1 unspecified atom stereocenters. The molecule has 0 bridgehead atoms. The van der Waals surface area contributed by atoms with E-state index in [9.17, 15) is 9.90 Å². The van der Waals surface area contributed by atoms with Gasteiger partial charge in [0.15, 0.2) is 0 Å². The fourth-order valence-corrected chi connectivity index (χ4v) is 2.47. The Bertz CT molecular complexity index is 613. The number of aliphatic hydroxyl groups excluding tert-OH is 1. The van der Waals surface area contributed by atoms with Gasteiger partial charge in [-0.3, -0.25) is 4.79 Å². The van der Waals surface area contributed by atoms with Crippen LogP contribution in [-0.4, -0.2) is 17.6 Å². The molecule has 0 saturated carbocycles. The van der Waals surface area contributed by atoms with Gasteiger partial charge in [0, 0.05) is 11.0 Å². The van der Waals surface area contributed by atoms with Crippen LogP contribution in [0.4, 0.5) is 0 Å². The Labute approximate surface area is 126 Å². The second-order valence-corrected chi connectivity index (χ2v) is 5.42. The summed E-state index contributed by atoms with van der Waals surface area (Å²) in [5.41, 5.74) is 2.40. The number of hydrogen-bond acceptors (Lipinski definition) is 2.